The van der Waals surface area contributed by atoms with E-state index in [0.29, 0.717) is 24.1 Å². The molecule has 1 heterocycles. The molecule has 0 radical (unpaired) electrons. The second-order valence-corrected chi connectivity index (χ2v) is 6.11. The molecule has 1 aromatic heterocycles. The Kier molecular flexibility index (Phi) is 8.05. The molecule has 3 rings (SSSR count). The van der Waals surface area contributed by atoms with Gasteiger partial charge in [0, 0.05) is 36.9 Å². The van der Waals surface area contributed by atoms with Crippen molar-refractivity contribution in [2.45, 2.75) is 13.1 Å². The van der Waals surface area contributed by atoms with Crippen LogP contribution in [0.4, 0.5) is 4.39 Å². The zero-order valence-corrected chi connectivity index (χ0v) is 17.8. The van der Waals surface area contributed by atoms with Crippen molar-refractivity contribution < 1.29 is 4.39 Å². The number of guanidine groups is 1. The Labute approximate surface area is 179 Å². The van der Waals surface area contributed by atoms with E-state index in [2.05, 4.69) is 20.7 Å². The van der Waals surface area contributed by atoms with E-state index in [9.17, 15) is 4.39 Å². The highest BCUT2D eigenvalue weighted by Crippen LogP contribution is 2.13. The van der Waals surface area contributed by atoms with E-state index in [1.807, 2.05) is 30.5 Å². The lowest BCUT2D eigenvalue weighted by atomic mass is 10.2. The Bertz CT molecular complexity index is 878. The normalized spacial score (nSPS) is 11.0. The second-order valence-electron chi connectivity index (χ2n) is 5.68. The first kappa shape index (κ1) is 21.2. The maximum Gasteiger partial charge on any atom is 0.191 e. The summed E-state index contributed by atoms with van der Waals surface area (Å²) >= 11 is 5.91. The zero-order valence-electron chi connectivity index (χ0n) is 14.7. The average molecular weight is 500 g/mol. The molecule has 5 nitrogen and oxygen atoms in total. The van der Waals surface area contributed by atoms with Crippen molar-refractivity contribution in [3.05, 3.63) is 82.9 Å². The van der Waals surface area contributed by atoms with Gasteiger partial charge in [-0.05, 0) is 42.0 Å². The Hall–Kier alpha value is -2.13. The molecule has 0 fully saturated rings. The van der Waals surface area contributed by atoms with Gasteiger partial charge in [0.15, 0.2) is 5.96 Å². The molecular weight excluding hydrogens is 480 g/mol. The summed E-state index contributed by atoms with van der Waals surface area (Å²) < 4.78 is 14.7. The van der Waals surface area contributed by atoms with E-state index in [-0.39, 0.29) is 29.8 Å². The Morgan fingerprint density at radius 1 is 1.04 bits per heavy atom. The van der Waals surface area contributed by atoms with Crippen LogP contribution in [-0.4, -0.2) is 22.8 Å². The number of rotatable bonds is 5. The van der Waals surface area contributed by atoms with Gasteiger partial charge in [-0.25, -0.2) is 9.07 Å². The third kappa shape index (κ3) is 6.21. The lowest BCUT2D eigenvalue weighted by Gasteiger charge is -2.11. The van der Waals surface area contributed by atoms with Crippen molar-refractivity contribution in [3.63, 3.8) is 0 Å². The van der Waals surface area contributed by atoms with E-state index < -0.39 is 0 Å². The third-order valence-electron chi connectivity index (χ3n) is 3.78. The Morgan fingerprint density at radius 2 is 1.67 bits per heavy atom. The van der Waals surface area contributed by atoms with E-state index in [4.69, 9.17) is 11.6 Å². The van der Waals surface area contributed by atoms with Crippen LogP contribution in [0.25, 0.3) is 5.69 Å². The molecule has 0 bridgehead atoms. The topological polar surface area (TPSA) is 54.2 Å². The highest BCUT2D eigenvalue weighted by molar-refractivity contribution is 14.0. The molecule has 0 aliphatic rings. The van der Waals surface area contributed by atoms with Crippen molar-refractivity contribution in [1.29, 1.82) is 0 Å². The Balaban J connectivity index is 0.00000261. The molecule has 0 aliphatic carbocycles. The minimum atomic E-state index is -0.242. The van der Waals surface area contributed by atoms with Gasteiger partial charge in [0.25, 0.3) is 0 Å². The first-order valence-electron chi connectivity index (χ1n) is 8.12. The van der Waals surface area contributed by atoms with Gasteiger partial charge in [0.05, 0.1) is 11.9 Å². The van der Waals surface area contributed by atoms with Gasteiger partial charge in [-0.1, -0.05) is 23.7 Å². The number of nitrogens with one attached hydrogen (secondary N) is 2. The van der Waals surface area contributed by atoms with Crippen LogP contribution in [0.5, 0.6) is 0 Å². The predicted molar refractivity (Wildman–Crippen MR) is 117 cm³/mol. The fourth-order valence-electron chi connectivity index (χ4n) is 2.38. The summed E-state index contributed by atoms with van der Waals surface area (Å²) in [6.45, 7) is 1.14. The number of aliphatic imine (C=N–C) groups is 1. The highest BCUT2D eigenvalue weighted by atomic mass is 127. The van der Waals surface area contributed by atoms with E-state index >= 15 is 0 Å². The van der Waals surface area contributed by atoms with E-state index in [1.165, 1.54) is 12.1 Å². The van der Waals surface area contributed by atoms with Gasteiger partial charge in [-0.3, -0.25) is 4.99 Å². The number of aromatic nitrogens is 2. The number of nitrogens with zero attached hydrogens (tertiary/aromatic N) is 3. The SMILES string of the molecule is CN=C(NCc1ccc(F)cc1)NCc1cnn(-c2ccc(Cl)cc2)c1.I. The zero-order chi connectivity index (χ0) is 18.4. The summed E-state index contributed by atoms with van der Waals surface area (Å²) in [7, 11) is 1.71. The first-order chi connectivity index (χ1) is 12.6. The summed E-state index contributed by atoms with van der Waals surface area (Å²) in [5.41, 5.74) is 2.94. The van der Waals surface area contributed by atoms with Gasteiger partial charge in [-0.2, -0.15) is 5.10 Å². The van der Waals surface area contributed by atoms with E-state index in [1.54, 1.807) is 30.1 Å². The minimum Gasteiger partial charge on any atom is -0.352 e. The van der Waals surface area contributed by atoms with Gasteiger partial charge in [0.1, 0.15) is 5.82 Å². The van der Waals surface area contributed by atoms with Crippen molar-refractivity contribution in [3.8, 4) is 5.69 Å². The van der Waals surface area contributed by atoms with Crippen molar-refractivity contribution in [2.75, 3.05) is 7.05 Å². The first-order valence-corrected chi connectivity index (χ1v) is 8.50. The molecule has 0 saturated carbocycles. The number of halogens is 3. The molecule has 142 valence electrons. The molecule has 0 unspecified atom stereocenters. The summed E-state index contributed by atoms with van der Waals surface area (Å²) in [5.74, 6) is 0.419. The lowest BCUT2D eigenvalue weighted by Crippen LogP contribution is -2.36. The van der Waals surface area contributed by atoms with Crippen molar-refractivity contribution >= 4 is 41.5 Å². The largest absolute Gasteiger partial charge is 0.352 e. The smallest absolute Gasteiger partial charge is 0.191 e. The van der Waals surface area contributed by atoms with Gasteiger partial charge >= 0.3 is 0 Å². The summed E-state index contributed by atoms with van der Waals surface area (Å²) in [4.78, 5) is 4.19. The summed E-state index contributed by atoms with van der Waals surface area (Å²) in [6.07, 6.45) is 3.75. The summed E-state index contributed by atoms with van der Waals surface area (Å²) in [5, 5.41) is 11.5. The van der Waals surface area contributed by atoms with Gasteiger partial charge < -0.3 is 10.6 Å². The molecule has 27 heavy (non-hydrogen) atoms. The fourth-order valence-corrected chi connectivity index (χ4v) is 2.51. The average Bonchev–Trinajstić information content (AvgIpc) is 3.13. The monoisotopic (exact) mass is 499 g/mol. The van der Waals surface area contributed by atoms with Gasteiger partial charge in [0.2, 0.25) is 0 Å². The predicted octanol–water partition coefficient (Wildman–Crippen LogP) is 4.15. The molecule has 0 saturated heterocycles. The molecule has 8 heteroatoms. The molecule has 2 aromatic carbocycles. The maximum absolute atomic E-state index is 12.9. The quantitative estimate of drug-likeness (QED) is 0.315. The van der Waals surface area contributed by atoms with Crippen LogP contribution in [0, 0.1) is 5.82 Å². The minimum absolute atomic E-state index is 0. The highest BCUT2D eigenvalue weighted by Gasteiger charge is 2.03. The van der Waals surface area contributed by atoms with Crippen LogP contribution in [0.3, 0.4) is 0 Å². The molecular formula is C19H20ClFIN5. The molecule has 3 aromatic rings. The third-order valence-corrected chi connectivity index (χ3v) is 4.04. The van der Waals surface area contributed by atoms with Crippen molar-refractivity contribution in [2.24, 2.45) is 4.99 Å². The molecule has 0 aliphatic heterocycles. The number of hydrogen-bond donors (Lipinski definition) is 2. The fraction of sp³-hybridized carbons (Fsp3) is 0.158. The lowest BCUT2D eigenvalue weighted by molar-refractivity contribution is 0.626. The van der Waals surface area contributed by atoms with Crippen LogP contribution in [0.1, 0.15) is 11.1 Å². The standard InChI is InChI=1S/C19H19ClFN5.HI/c1-22-19(23-10-14-2-6-17(21)7-3-14)24-11-15-12-25-26(13-15)18-8-4-16(20)5-9-18;/h2-9,12-13H,10-11H2,1H3,(H2,22,23,24);1H. The number of benzene rings is 2. The van der Waals surface area contributed by atoms with Crippen LogP contribution < -0.4 is 10.6 Å². The molecule has 0 amide bonds. The molecule has 0 spiro atoms. The maximum atomic E-state index is 12.9. The van der Waals surface area contributed by atoms with Crippen LogP contribution in [0.15, 0.2) is 65.9 Å². The van der Waals surface area contributed by atoms with Crippen LogP contribution in [0.2, 0.25) is 5.02 Å². The number of hydrogen-bond acceptors (Lipinski definition) is 2. The van der Waals surface area contributed by atoms with Crippen LogP contribution >= 0.6 is 35.6 Å². The summed E-state index contributed by atoms with van der Waals surface area (Å²) in [6, 6.07) is 13.9. The molecule has 0 atom stereocenters. The van der Waals surface area contributed by atoms with Crippen LogP contribution in [-0.2, 0) is 13.1 Å². The van der Waals surface area contributed by atoms with E-state index in [0.717, 1.165) is 16.8 Å². The van der Waals surface area contributed by atoms with Gasteiger partial charge in [-0.15, -0.1) is 24.0 Å². The molecule has 2 N–H and O–H groups in total. The Morgan fingerprint density at radius 3 is 2.30 bits per heavy atom. The second kappa shape index (κ2) is 10.3. The van der Waals surface area contributed by atoms with Crippen molar-refractivity contribution in [1.82, 2.24) is 20.4 Å².